The van der Waals surface area contributed by atoms with Gasteiger partial charge in [0.25, 0.3) is 0 Å². The van der Waals surface area contributed by atoms with Gasteiger partial charge in [-0.25, -0.2) is 4.98 Å². The molecular weight excluding hydrogens is 242 g/mol. The third kappa shape index (κ3) is 3.42. The summed E-state index contributed by atoms with van der Waals surface area (Å²) >= 11 is 4.92. The van der Waals surface area contributed by atoms with E-state index in [0.717, 1.165) is 11.4 Å². The summed E-state index contributed by atoms with van der Waals surface area (Å²) in [7, 11) is 0. The fraction of sp³-hybridized carbons (Fsp3) is 0.571. The highest BCUT2D eigenvalue weighted by Gasteiger charge is 2.19. The van der Waals surface area contributed by atoms with E-state index in [-0.39, 0.29) is 0 Å². The molecule has 0 spiro atoms. The minimum Gasteiger partial charge on any atom is -0.389 e. The van der Waals surface area contributed by atoms with E-state index >= 15 is 0 Å². The summed E-state index contributed by atoms with van der Waals surface area (Å²) in [6.45, 7) is 2.33. The van der Waals surface area contributed by atoms with Crippen molar-refractivity contribution in [2.24, 2.45) is 11.7 Å². The van der Waals surface area contributed by atoms with E-state index in [1.807, 2.05) is 12.1 Å². The molecule has 3 nitrogen and oxygen atoms in total. The molecule has 1 aliphatic carbocycles. The Morgan fingerprint density at radius 3 is 2.78 bits per heavy atom. The molecule has 1 saturated carbocycles. The van der Waals surface area contributed by atoms with Crippen molar-refractivity contribution in [1.82, 2.24) is 4.98 Å². The summed E-state index contributed by atoms with van der Waals surface area (Å²) in [5, 5.41) is 3.54. The zero-order valence-electron chi connectivity index (χ0n) is 10.9. The van der Waals surface area contributed by atoms with E-state index < -0.39 is 0 Å². The Balaban J connectivity index is 2.01. The quantitative estimate of drug-likeness (QED) is 0.650. The summed E-state index contributed by atoms with van der Waals surface area (Å²) in [6.07, 6.45) is 8.31. The lowest BCUT2D eigenvalue weighted by molar-refractivity contribution is 0.455. The first kappa shape index (κ1) is 13.3. The average molecular weight is 263 g/mol. The SMILES string of the molecule is CC1CCCCCC1Nc1ccc(C(N)=S)cn1. The van der Waals surface area contributed by atoms with Gasteiger partial charge in [-0.05, 0) is 30.9 Å². The third-order valence-electron chi connectivity index (χ3n) is 3.74. The zero-order valence-corrected chi connectivity index (χ0v) is 11.7. The Morgan fingerprint density at radius 2 is 2.11 bits per heavy atom. The molecule has 0 bridgehead atoms. The van der Waals surface area contributed by atoms with Crippen LogP contribution in [0.15, 0.2) is 18.3 Å². The van der Waals surface area contributed by atoms with E-state index in [1.54, 1.807) is 6.20 Å². The highest BCUT2D eigenvalue weighted by Crippen LogP contribution is 2.25. The molecule has 1 fully saturated rings. The molecule has 3 N–H and O–H groups in total. The van der Waals surface area contributed by atoms with Crippen molar-refractivity contribution in [2.75, 3.05) is 5.32 Å². The van der Waals surface area contributed by atoms with Crippen molar-refractivity contribution < 1.29 is 0 Å². The highest BCUT2D eigenvalue weighted by atomic mass is 32.1. The number of hydrogen-bond donors (Lipinski definition) is 2. The number of pyridine rings is 1. The summed E-state index contributed by atoms with van der Waals surface area (Å²) in [4.78, 5) is 4.78. The van der Waals surface area contributed by atoms with Crippen molar-refractivity contribution in [1.29, 1.82) is 0 Å². The molecule has 1 aromatic rings. The van der Waals surface area contributed by atoms with Crippen molar-refractivity contribution >= 4 is 23.0 Å². The van der Waals surface area contributed by atoms with E-state index in [2.05, 4.69) is 17.2 Å². The van der Waals surface area contributed by atoms with Crippen LogP contribution in [0.2, 0.25) is 0 Å². The molecule has 0 amide bonds. The Morgan fingerprint density at radius 1 is 1.33 bits per heavy atom. The van der Waals surface area contributed by atoms with Gasteiger partial charge in [-0.2, -0.15) is 0 Å². The van der Waals surface area contributed by atoms with Crippen LogP contribution in [0.5, 0.6) is 0 Å². The van der Waals surface area contributed by atoms with Crippen LogP contribution < -0.4 is 11.1 Å². The molecular formula is C14H21N3S. The maximum Gasteiger partial charge on any atom is 0.126 e. The van der Waals surface area contributed by atoms with Gasteiger partial charge in [0.1, 0.15) is 10.8 Å². The van der Waals surface area contributed by atoms with Gasteiger partial charge < -0.3 is 11.1 Å². The number of hydrogen-bond acceptors (Lipinski definition) is 3. The van der Waals surface area contributed by atoms with Crippen molar-refractivity contribution in [2.45, 2.75) is 45.1 Å². The monoisotopic (exact) mass is 263 g/mol. The molecule has 1 aromatic heterocycles. The van der Waals surface area contributed by atoms with Gasteiger partial charge in [-0.15, -0.1) is 0 Å². The maximum atomic E-state index is 5.56. The van der Waals surface area contributed by atoms with Gasteiger partial charge in [0.15, 0.2) is 0 Å². The predicted molar refractivity (Wildman–Crippen MR) is 79.8 cm³/mol. The number of anilines is 1. The normalized spacial score (nSPS) is 24.3. The van der Waals surface area contributed by atoms with Crippen LogP contribution in [0.4, 0.5) is 5.82 Å². The van der Waals surface area contributed by atoms with Crippen molar-refractivity contribution in [3.05, 3.63) is 23.9 Å². The lowest BCUT2D eigenvalue weighted by atomic mass is 9.97. The molecule has 0 saturated heterocycles. The average Bonchev–Trinajstić information content (AvgIpc) is 2.56. The Bertz CT molecular complexity index is 402. The topological polar surface area (TPSA) is 50.9 Å². The third-order valence-corrected chi connectivity index (χ3v) is 3.98. The molecule has 2 rings (SSSR count). The Labute approximate surface area is 114 Å². The second-order valence-electron chi connectivity index (χ2n) is 5.16. The number of rotatable bonds is 3. The predicted octanol–water partition coefficient (Wildman–Crippen LogP) is 3.10. The fourth-order valence-corrected chi connectivity index (χ4v) is 2.64. The van der Waals surface area contributed by atoms with E-state index in [4.69, 9.17) is 18.0 Å². The lowest BCUT2D eigenvalue weighted by Crippen LogP contribution is -2.26. The van der Waals surface area contributed by atoms with Crippen LogP contribution in [0, 0.1) is 5.92 Å². The van der Waals surface area contributed by atoms with Gasteiger partial charge in [-0.3, -0.25) is 0 Å². The fourth-order valence-electron chi connectivity index (χ4n) is 2.52. The molecule has 0 aliphatic heterocycles. The Kier molecular flexibility index (Phi) is 4.53. The summed E-state index contributed by atoms with van der Waals surface area (Å²) in [5.41, 5.74) is 6.39. The zero-order chi connectivity index (χ0) is 13.0. The molecule has 98 valence electrons. The van der Waals surface area contributed by atoms with Gasteiger partial charge in [0, 0.05) is 17.8 Å². The lowest BCUT2D eigenvalue weighted by Gasteiger charge is -2.23. The molecule has 4 heteroatoms. The smallest absolute Gasteiger partial charge is 0.126 e. The minimum atomic E-state index is 0.400. The van der Waals surface area contributed by atoms with Crippen LogP contribution in [-0.4, -0.2) is 16.0 Å². The van der Waals surface area contributed by atoms with Crippen LogP contribution in [0.25, 0.3) is 0 Å². The van der Waals surface area contributed by atoms with Crippen LogP contribution in [0.3, 0.4) is 0 Å². The van der Waals surface area contributed by atoms with Crippen molar-refractivity contribution in [3.63, 3.8) is 0 Å². The minimum absolute atomic E-state index is 0.400. The summed E-state index contributed by atoms with van der Waals surface area (Å²) < 4.78 is 0. The Hall–Kier alpha value is -1.16. The second-order valence-corrected chi connectivity index (χ2v) is 5.60. The first-order chi connectivity index (χ1) is 8.66. The molecule has 1 aliphatic rings. The van der Waals surface area contributed by atoms with E-state index in [0.29, 0.717) is 16.9 Å². The van der Waals surface area contributed by atoms with Gasteiger partial charge >= 0.3 is 0 Å². The number of nitrogens with zero attached hydrogens (tertiary/aromatic N) is 1. The van der Waals surface area contributed by atoms with Crippen LogP contribution >= 0.6 is 12.2 Å². The number of aromatic nitrogens is 1. The summed E-state index contributed by atoms with van der Waals surface area (Å²) in [5.74, 6) is 1.64. The van der Waals surface area contributed by atoms with Crippen LogP contribution in [-0.2, 0) is 0 Å². The first-order valence-corrected chi connectivity index (χ1v) is 7.10. The summed E-state index contributed by atoms with van der Waals surface area (Å²) in [6, 6.07) is 4.43. The second kappa shape index (κ2) is 6.14. The molecule has 2 atom stereocenters. The molecule has 0 aromatic carbocycles. The molecule has 0 radical (unpaired) electrons. The van der Waals surface area contributed by atoms with Crippen LogP contribution in [0.1, 0.15) is 44.6 Å². The van der Waals surface area contributed by atoms with Gasteiger partial charge in [-0.1, -0.05) is 38.4 Å². The molecule has 2 unspecified atom stereocenters. The first-order valence-electron chi connectivity index (χ1n) is 6.69. The number of thiocarbonyl (C=S) groups is 1. The standard InChI is InChI=1S/C14H21N3S/c1-10-5-3-2-4-6-12(10)17-13-8-7-11(9-16-13)14(15)18/h7-10,12H,2-6H2,1H3,(H2,15,18)(H,16,17). The number of nitrogens with one attached hydrogen (secondary N) is 1. The van der Waals surface area contributed by atoms with Gasteiger partial charge in [0.2, 0.25) is 0 Å². The molecule has 1 heterocycles. The highest BCUT2D eigenvalue weighted by molar-refractivity contribution is 7.80. The molecule has 18 heavy (non-hydrogen) atoms. The van der Waals surface area contributed by atoms with Gasteiger partial charge in [0.05, 0.1) is 0 Å². The van der Waals surface area contributed by atoms with Crippen molar-refractivity contribution in [3.8, 4) is 0 Å². The maximum absolute atomic E-state index is 5.56. The van der Waals surface area contributed by atoms with E-state index in [9.17, 15) is 0 Å². The largest absolute Gasteiger partial charge is 0.389 e. The van der Waals surface area contributed by atoms with E-state index in [1.165, 1.54) is 32.1 Å². The number of nitrogens with two attached hydrogens (primary N) is 1.